The predicted molar refractivity (Wildman–Crippen MR) is 67.5 cm³/mol. The van der Waals surface area contributed by atoms with Gasteiger partial charge in [-0.1, -0.05) is 0 Å². The Hall–Kier alpha value is -2.93. The van der Waals surface area contributed by atoms with Crippen LogP contribution in [0.1, 0.15) is 15.9 Å². The molecule has 0 atom stereocenters. The fraction of sp³-hybridized carbons (Fsp3) is 0. The Bertz CT molecular complexity index is 853. The van der Waals surface area contributed by atoms with Gasteiger partial charge >= 0.3 is 5.97 Å². The third kappa shape index (κ3) is 2.82. The third-order valence-corrected chi connectivity index (χ3v) is 3.78. The second-order valence-corrected chi connectivity index (χ2v) is 5.45. The van der Waals surface area contributed by atoms with E-state index in [0.717, 1.165) is 18.3 Å². The fourth-order valence-corrected chi connectivity index (χ4v) is 2.65. The number of benzene rings is 1. The summed E-state index contributed by atoms with van der Waals surface area (Å²) in [6.45, 7) is 0. The largest absolute Gasteiger partial charge is 0.478 e. The lowest BCUT2D eigenvalue weighted by molar-refractivity contribution is 0.0692. The molecule has 0 fully saturated rings. The van der Waals surface area contributed by atoms with E-state index in [0.29, 0.717) is 0 Å². The van der Waals surface area contributed by atoms with E-state index in [4.69, 9.17) is 10.4 Å². The molecule has 8 nitrogen and oxygen atoms in total. The fourth-order valence-electron chi connectivity index (χ4n) is 1.49. The summed E-state index contributed by atoms with van der Waals surface area (Å²) >= 11 is 0. The highest BCUT2D eigenvalue weighted by Gasteiger charge is 2.25. The monoisotopic (exact) mass is 310 g/mol. The lowest BCUT2D eigenvalue weighted by atomic mass is 10.2. The molecule has 10 heteroatoms. The van der Waals surface area contributed by atoms with Gasteiger partial charge in [-0.2, -0.15) is 18.8 Å². The average molecular weight is 310 g/mol. The summed E-state index contributed by atoms with van der Waals surface area (Å²) in [5, 5.41) is 22.1. The number of aromatic nitrogens is 2. The number of aromatic amines is 1. The molecule has 0 spiro atoms. The molecule has 0 aliphatic rings. The summed E-state index contributed by atoms with van der Waals surface area (Å²) in [5.41, 5.74) is -0.972. The van der Waals surface area contributed by atoms with Crippen molar-refractivity contribution >= 4 is 21.7 Å². The average Bonchev–Trinajstić information content (AvgIpc) is 2.91. The van der Waals surface area contributed by atoms with Crippen molar-refractivity contribution < 1.29 is 22.7 Å². The van der Waals surface area contributed by atoms with Gasteiger partial charge in [-0.25, -0.2) is 9.18 Å². The van der Waals surface area contributed by atoms with E-state index in [1.807, 2.05) is 9.82 Å². The van der Waals surface area contributed by atoms with Crippen LogP contribution in [0.25, 0.3) is 0 Å². The first-order valence-corrected chi connectivity index (χ1v) is 6.82. The van der Waals surface area contributed by atoms with Crippen molar-refractivity contribution in [2.45, 2.75) is 5.03 Å². The van der Waals surface area contributed by atoms with Gasteiger partial charge in [0, 0.05) is 0 Å². The lowest BCUT2D eigenvalue weighted by Crippen LogP contribution is -2.17. The first-order chi connectivity index (χ1) is 9.85. The zero-order valence-electron chi connectivity index (χ0n) is 10.2. The van der Waals surface area contributed by atoms with Gasteiger partial charge in [0.15, 0.2) is 5.03 Å². The zero-order chi connectivity index (χ0) is 15.6. The van der Waals surface area contributed by atoms with Gasteiger partial charge < -0.3 is 5.11 Å². The molecule has 0 unspecified atom stereocenters. The summed E-state index contributed by atoms with van der Waals surface area (Å²) in [5.74, 6) is -2.46. The number of rotatable bonds is 4. The highest BCUT2D eigenvalue weighted by Crippen LogP contribution is 2.21. The van der Waals surface area contributed by atoms with Crippen LogP contribution in [-0.4, -0.2) is 29.7 Å². The Kier molecular flexibility index (Phi) is 3.60. The summed E-state index contributed by atoms with van der Waals surface area (Å²) in [6.07, 6.45) is 0.825. The van der Waals surface area contributed by atoms with Crippen LogP contribution in [0.3, 0.4) is 0 Å². The first kappa shape index (κ1) is 14.5. The maximum Gasteiger partial charge on any atom is 0.340 e. The van der Waals surface area contributed by atoms with Gasteiger partial charge in [0.1, 0.15) is 11.4 Å². The number of nitrogens with one attached hydrogen (secondary N) is 2. The summed E-state index contributed by atoms with van der Waals surface area (Å²) in [7, 11) is -4.36. The predicted octanol–water partition coefficient (Wildman–Crippen LogP) is 0.919. The van der Waals surface area contributed by atoms with Crippen LogP contribution in [-0.2, 0) is 10.0 Å². The maximum absolute atomic E-state index is 13.6. The molecule has 0 aliphatic carbocycles. The lowest BCUT2D eigenvalue weighted by Gasteiger charge is -2.08. The number of carbonyl (C=O) groups is 1. The standard InChI is InChI=1S/C11H7FN4O4S/c12-8-3-6(4-13)1-2-9(8)16-21(19,20)10-7(11(17)18)5-14-15-10/h1-3,5,16H,(H,14,15)(H,17,18). The SMILES string of the molecule is N#Cc1ccc(NS(=O)(=O)c2[nH]ncc2C(=O)O)c(F)c1. The van der Waals surface area contributed by atoms with Gasteiger partial charge in [0.25, 0.3) is 10.0 Å². The molecule has 0 saturated heterocycles. The Balaban J connectivity index is 2.41. The van der Waals surface area contributed by atoms with E-state index in [2.05, 4.69) is 5.10 Å². The van der Waals surface area contributed by atoms with Gasteiger partial charge in [0.05, 0.1) is 23.5 Å². The zero-order valence-corrected chi connectivity index (χ0v) is 11.0. The van der Waals surface area contributed by atoms with E-state index in [-0.39, 0.29) is 5.56 Å². The highest BCUT2D eigenvalue weighted by atomic mass is 32.2. The maximum atomic E-state index is 13.6. The summed E-state index contributed by atoms with van der Waals surface area (Å²) in [6, 6.07) is 4.82. The molecular formula is C11H7FN4O4S. The number of H-pyrrole nitrogens is 1. The quantitative estimate of drug-likeness (QED) is 0.768. The minimum atomic E-state index is -4.36. The molecule has 1 aromatic heterocycles. The number of hydrogen-bond acceptors (Lipinski definition) is 5. The molecule has 1 heterocycles. The number of nitrogens with zero attached hydrogens (tertiary/aromatic N) is 2. The molecule has 0 aliphatic heterocycles. The van der Waals surface area contributed by atoms with Crippen molar-refractivity contribution in [2.75, 3.05) is 4.72 Å². The first-order valence-electron chi connectivity index (χ1n) is 5.34. The van der Waals surface area contributed by atoms with Crippen molar-refractivity contribution in [3.05, 3.63) is 41.3 Å². The second-order valence-electron chi connectivity index (χ2n) is 3.83. The van der Waals surface area contributed by atoms with E-state index < -0.39 is 38.1 Å². The molecule has 0 radical (unpaired) electrons. The smallest absolute Gasteiger partial charge is 0.340 e. The molecule has 21 heavy (non-hydrogen) atoms. The topological polar surface area (TPSA) is 136 Å². The van der Waals surface area contributed by atoms with Crippen LogP contribution in [0.5, 0.6) is 0 Å². The Morgan fingerprint density at radius 1 is 1.48 bits per heavy atom. The number of carboxylic acid groups (broad SMARTS) is 1. The van der Waals surface area contributed by atoms with Crippen LogP contribution < -0.4 is 4.72 Å². The van der Waals surface area contributed by atoms with E-state index in [1.54, 1.807) is 6.07 Å². The minimum Gasteiger partial charge on any atom is -0.478 e. The molecule has 2 aromatic rings. The van der Waals surface area contributed by atoms with Crippen LogP contribution in [0, 0.1) is 17.1 Å². The van der Waals surface area contributed by atoms with Gasteiger partial charge in [0.2, 0.25) is 0 Å². The van der Waals surface area contributed by atoms with Crippen molar-refractivity contribution in [3.63, 3.8) is 0 Å². The third-order valence-electron chi connectivity index (χ3n) is 2.45. The van der Waals surface area contributed by atoms with E-state index in [1.165, 1.54) is 6.07 Å². The molecule has 1 aromatic carbocycles. The van der Waals surface area contributed by atoms with Gasteiger partial charge in [-0.15, -0.1) is 0 Å². The normalized spacial score (nSPS) is 10.9. The van der Waals surface area contributed by atoms with Crippen molar-refractivity contribution in [1.82, 2.24) is 10.2 Å². The Labute approximate surface area is 117 Å². The van der Waals surface area contributed by atoms with Gasteiger partial charge in [-0.3, -0.25) is 9.82 Å². The van der Waals surface area contributed by atoms with Crippen molar-refractivity contribution in [1.29, 1.82) is 5.26 Å². The summed E-state index contributed by atoms with van der Waals surface area (Å²) < 4.78 is 39.6. The molecular weight excluding hydrogens is 303 g/mol. The molecule has 0 amide bonds. The number of carboxylic acids is 1. The molecule has 108 valence electrons. The van der Waals surface area contributed by atoms with E-state index in [9.17, 15) is 17.6 Å². The second kappa shape index (κ2) is 5.22. The Morgan fingerprint density at radius 3 is 2.76 bits per heavy atom. The molecule has 0 saturated carbocycles. The van der Waals surface area contributed by atoms with Crippen LogP contribution in [0.15, 0.2) is 29.4 Å². The number of aromatic carboxylic acids is 1. The van der Waals surface area contributed by atoms with Crippen LogP contribution >= 0.6 is 0 Å². The van der Waals surface area contributed by atoms with E-state index >= 15 is 0 Å². The number of hydrogen-bond donors (Lipinski definition) is 3. The number of sulfonamides is 1. The van der Waals surface area contributed by atoms with Crippen molar-refractivity contribution in [2.24, 2.45) is 0 Å². The highest BCUT2D eigenvalue weighted by molar-refractivity contribution is 7.92. The van der Waals surface area contributed by atoms with Crippen LogP contribution in [0.2, 0.25) is 0 Å². The summed E-state index contributed by atoms with van der Waals surface area (Å²) in [4.78, 5) is 10.9. The van der Waals surface area contributed by atoms with Gasteiger partial charge in [-0.05, 0) is 18.2 Å². The number of anilines is 1. The molecule has 2 rings (SSSR count). The molecule has 0 bridgehead atoms. The number of nitriles is 1. The van der Waals surface area contributed by atoms with Crippen LogP contribution in [0.4, 0.5) is 10.1 Å². The Morgan fingerprint density at radius 2 is 2.19 bits per heavy atom. The van der Waals surface area contributed by atoms with Crippen molar-refractivity contribution in [3.8, 4) is 6.07 Å². The minimum absolute atomic E-state index is 0.0169. The number of halogens is 1. The molecule has 3 N–H and O–H groups in total.